The molecule has 1 N–H and O–H groups in total. The van der Waals surface area contributed by atoms with Crippen molar-refractivity contribution in [1.29, 1.82) is 0 Å². The molecule has 8 heteroatoms. The zero-order valence-electron chi connectivity index (χ0n) is 22.2. The van der Waals surface area contributed by atoms with E-state index in [1.807, 2.05) is 60.7 Å². The van der Waals surface area contributed by atoms with Gasteiger partial charge in [0.15, 0.2) is 6.61 Å². The highest BCUT2D eigenvalue weighted by Gasteiger charge is 2.24. The number of nitrogens with one attached hydrogen (secondary N) is 1. The second-order valence-electron chi connectivity index (χ2n) is 8.85. The highest BCUT2D eigenvalue weighted by Crippen LogP contribution is 2.30. The first kappa shape index (κ1) is 28.9. The van der Waals surface area contributed by atoms with E-state index in [4.69, 9.17) is 30.7 Å². The smallest absolute Gasteiger partial charge is 0.329 e. The molecule has 4 aromatic carbocycles. The second kappa shape index (κ2) is 15.5. The summed E-state index contributed by atoms with van der Waals surface area (Å²) < 4.78 is 5.13. The maximum atomic E-state index is 12.8. The van der Waals surface area contributed by atoms with Crippen LogP contribution in [0.1, 0.15) is 27.0 Å². The standard InChI is InChI=1S/C33H29NO7/c1-2-20-37-33(36)29(34-32(35)28-16-10-5-11-17-28)21-27-18-19-30(40-38-23-25-12-6-3-7-13-25)31(22-27)41-39-24-26-14-8-4-9-15-26/h1,3-19,22,29H,20-21,23-24H2,(H,34,35). The summed E-state index contributed by atoms with van der Waals surface area (Å²) in [6.07, 6.45) is 5.34. The summed E-state index contributed by atoms with van der Waals surface area (Å²) in [4.78, 5) is 47.7. The number of amides is 1. The molecular formula is C33H29NO7. The van der Waals surface area contributed by atoms with Crippen molar-refractivity contribution in [3.05, 3.63) is 131 Å². The number of rotatable bonds is 14. The molecule has 0 aliphatic rings. The summed E-state index contributed by atoms with van der Waals surface area (Å²) in [6.45, 7) is 0.175. The Balaban J connectivity index is 1.50. The third-order valence-corrected chi connectivity index (χ3v) is 5.81. The summed E-state index contributed by atoms with van der Waals surface area (Å²) in [7, 11) is 0. The number of benzene rings is 4. The third-order valence-electron chi connectivity index (χ3n) is 5.81. The van der Waals surface area contributed by atoms with Crippen LogP contribution in [0.25, 0.3) is 0 Å². The van der Waals surface area contributed by atoms with Crippen LogP contribution in [0.4, 0.5) is 0 Å². The molecule has 0 saturated heterocycles. The minimum Gasteiger partial charge on any atom is -0.451 e. The number of esters is 1. The van der Waals surface area contributed by atoms with Crippen molar-refractivity contribution in [3.8, 4) is 23.8 Å². The first-order valence-corrected chi connectivity index (χ1v) is 12.9. The Morgan fingerprint density at radius 3 is 1.85 bits per heavy atom. The van der Waals surface area contributed by atoms with Gasteiger partial charge in [-0.25, -0.2) is 4.79 Å². The van der Waals surface area contributed by atoms with E-state index in [1.165, 1.54) is 0 Å². The number of carbonyl (C=O) groups excluding carboxylic acids is 2. The molecule has 8 nitrogen and oxygen atoms in total. The predicted octanol–water partition coefficient (Wildman–Crippen LogP) is 5.23. The SMILES string of the molecule is C#CCOC(=O)C(Cc1ccc(OOCc2ccccc2)c(OOCc2ccccc2)c1)NC(=O)c1ccccc1. The predicted molar refractivity (Wildman–Crippen MR) is 151 cm³/mol. The van der Waals surface area contributed by atoms with Crippen molar-refractivity contribution >= 4 is 11.9 Å². The number of carbonyl (C=O) groups is 2. The molecule has 4 rings (SSSR count). The molecule has 0 bridgehead atoms. The lowest BCUT2D eigenvalue weighted by Crippen LogP contribution is -2.43. The Hall–Kier alpha value is -5.10. The van der Waals surface area contributed by atoms with Crippen LogP contribution in [0.15, 0.2) is 109 Å². The molecule has 0 fully saturated rings. The van der Waals surface area contributed by atoms with E-state index >= 15 is 0 Å². The Morgan fingerprint density at radius 2 is 1.27 bits per heavy atom. The molecule has 41 heavy (non-hydrogen) atoms. The molecule has 0 saturated carbocycles. The van der Waals surface area contributed by atoms with Gasteiger partial charge in [-0.2, -0.15) is 9.78 Å². The average Bonchev–Trinajstić information content (AvgIpc) is 3.02. The molecule has 0 radical (unpaired) electrons. The van der Waals surface area contributed by atoms with Crippen LogP contribution in [0.2, 0.25) is 0 Å². The van der Waals surface area contributed by atoms with Gasteiger partial charge in [-0.3, -0.25) is 4.79 Å². The molecule has 1 unspecified atom stereocenters. The first-order chi connectivity index (χ1) is 20.1. The molecule has 1 amide bonds. The highest BCUT2D eigenvalue weighted by atomic mass is 17.2. The first-order valence-electron chi connectivity index (χ1n) is 12.9. The number of hydrogen-bond donors (Lipinski definition) is 1. The second-order valence-corrected chi connectivity index (χ2v) is 8.85. The van der Waals surface area contributed by atoms with Crippen LogP contribution in [0, 0.1) is 12.3 Å². The lowest BCUT2D eigenvalue weighted by atomic mass is 10.0. The van der Waals surface area contributed by atoms with Gasteiger partial charge in [0, 0.05) is 12.0 Å². The van der Waals surface area contributed by atoms with Gasteiger partial charge < -0.3 is 19.8 Å². The van der Waals surface area contributed by atoms with E-state index in [1.54, 1.807) is 48.5 Å². The van der Waals surface area contributed by atoms with Gasteiger partial charge in [-0.1, -0.05) is 90.8 Å². The van der Waals surface area contributed by atoms with Crippen molar-refractivity contribution in [2.75, 3.05) is 6.61 Å². The van der Waals surface area contributed by atoms with E-state index in [-0.39, 0.29) is 37.7 Å². The lowest BCUT2D eigenvalue weighted by Gasteiger charge is -2.18. The lowest BCUT2D eigenvalue weighted by molar-refractivity contribution is -0.238. The molecule has 0 aliphatic heterocycles. The highest BCUT2D eigenvalue weighted by molar-refractivity contribution is 5.96. The van der Waals surface area contributed by atoms with Crippen LogP contribution in [-0.4, -0.2) is 24.5 Å². The van der Waals surface area contributed by atoms with Gasteiger partial charge in [0.05, 0.1) is 0 Å². The van der Waals surface area contributed by atoms with Gasteiger partial charge in [0.1, 0.15) is 19.3 Å². The zero-order valence-corrected chi connectivity index (χ0v) is 22.2. The minimum absolute atomic E-state index is 0.0855. The molecule has 0 heterocycles. The fraction of sp³-hybridized carbons (Fsp3) is 0.152. The van der Waals surface area contributed by atoms with E-state index in [0.29, 0.717) is 11.1 Å². The van der Waals surface area contributed by atoms with Crippen molar-refractivity contribution in [1.82, 2.24) is 5.32 Å². The van der Waals surface area contributed by atoms with Gasteiger partial charge >= 0.3 is 5.97 Å². The van der Waals surface area contributed by atoms with E-state index in [0.717, 1.165) is 11.1 Å². The Bertz CT molecular complexity index is 1440. The Labute approximate surface area is 238 Å². The van der Waals surface area contributed by atoms with Crippen LogP contribution < -0.4 is 15.1 Å². The average molecular weight is 552 g/mol. The molecule has 0 aromatic heterocycles. The summed E-state index contributed by atoms with van der Waals surface area (Å²) >= 11 is 0. The van der Waals surface area contributed by atoms with E-state index < -0.39 is 17.9 Å². The van der Waals surface area contributed by atoms with Crippen LogP contribution in [0.3, 0.4) is 0 Å². The zero-order chi connectivity index (χ0) is 28.7. The Kier molecular flexibility index (Phi) is 10.9. The summed E-state index contributed by atoms with van der Waals surface area (Å²) in [6, 6.07) is 31.6. The molecular weight excluding hydrogens is 522 g/mol. The van der Waals surface area contributed by atoms with Crippen LogP contribution >= 0.6 is 0 Å². The quantitative estimate of drug-likeness (QED) is 0.0994. The van der Waals surface area contributed by atoms with Crippen molar-refractivity contribution in [3.63, 3.8) is 0 Å². The van der Waals surface area contributed by atoms with E-state index in [2.05, 4.69) is 11.2 Å². The molecule has 208 valence electrons. The fourth-order valence-electron chi connectivity index (χ4n) is 3.76. The van der Waals surface area contributed by atoms with E-state index in [9.17, 15) is 9.59 Å². The monoisotopic (exact) mass is 551 g/mol. The van der Waals surface area contributed by atoms with Gasteiger partial charge in [0.25, 0.3) is 5.91 Å². The molecule has 1 atom stereocenters. The van der Waals surface area contributed by atoms with Gasteiger partial charge in [-0.05, 0) is 41.0 Å². The normalized spacial score (nSPS) is 11.1. The fourth-order valence-corrected chi connectivity index (χ4v) is 3.76. The number of ether oxygens (including phenoxy) is 1. The summed E-state index contributed by atoms with van der Waals surface area (Å²) in [5.74, 6) is 1.65. The van der Waals surface area contributed by atoms with Crippen LogP contribution in [0.5, 0.6) is 11.5 Å². The van der Waals surface area contributed by atoms with Gasteiger partial charge in [-0.15, -0.1) is 6.42 Å². The summed E-state index contributed by atoms with van der Waals surface area (Å²) in [5.41, 5.74) is 2.87. The number of hydrogen-bond acceptors (Lipinski definition) is 7. The maximum Gasteiger partial charge on any atom is 0.329 e. The van der Waals surface area contributed by atoms with Gasteiger partial charge in [0.2, 0.25) is 11.5 Å². The Morgan fingerprint density at radius 1 is 0.707 bits per heavy atom. The third kappa shape index (κ3) is 9.25. The molecule has 4 aromatic rings. The summed E-state index contributed by atoms with van der Waals surface area (Å²) in [5, 5.41) is 2.73. The largest absolute Gasteiger partial charge is 0.451 e. The van der Waals surface area contributed by atoms with Crippen molar-refractivity contribution < 1.29 is 33.9 Å². The molecule has 0 spiro atoms. The van der Waals surface area contributed by atoms with Crippen molar-refractivity contribution in [2.45, 2.75) is 25.7 Å². The minimum atomic E-state index is -1.02. The van der Waals surface area contributed by atoms with Crippen LogP contribution in [-0.2, 0) is 38.9 Å². The topological polar surface area (TPSA) is 92.3 Å². The van der Waals surface area contributed by atoms with Crippen molar-refractivity contribution in [2.24, 2.45) is 0 Å². The molecule has 0 aliphatic carbocycles. The maximum absolute atomic E-state index is 12.8. The number of terminal acetylenes is 1.